The molecule has 4 rings (SSSR count). The van der Waals surface area contributed by atoms with Crippen molar-refractivity contribution in [2.75, 3.05) is 36.4 Å². The number of amides is 1. The predicted octanol–water partition coefficient (Wildman–Crippen LogP) is 2.94. The standard InChI is InChI=1S/C22H26N4O6S/c27-21-8-7-17(33(31,32)25-11-3-4-12-25)15-18(21)23-22(28)16-9-13-24(14-10-16)19-5-1-2-6-20(19)26(29)30/h1-2,5-8,15-16,27H,3-4,9-14H2,(H,23,28). The highest BCUT2D eigenvalue weighted by Gasteiger charge is 2.30. The van der Waals surface area contributed by atoms with E-state index in [2.05, 4.69) is 5.32 Å². The maximum atomic E-state index is 12.8. The van der Waals surface area contributed by atoms with Crippen LogP contribution in [-0.4, -0.2) is 54.8 Å². The Kier molecular flexibility index (Phi) is 6.52. The Balaban J connectivity index is 1.43. The number of carbonyl (C=O) groups is 1. The maximum Gasteiger partial charge on any atom is 0.292 e. The molecule has 2 aliphatic heterocycles. The zero-order valence-corrected chi connectivity index (χ0v) is 18.8. The number of hydrogen-bond acceptors (Lipinski definition) is 7. The van der Waals surface area contributed by atoms with Crippen LogP contribution in [0.5, 0.6) is 5.75 Å². The van der Waals surface area contributed by atoms with Crippen LogP contribution in [0.2, 0.25) is 0 Å². The third kappa shape index (κ3) is 4.79. The van der Waals surface area contributed by atoms with Crippen LogP contribution in [0, 0.1) is 16.0 Å². The number of hydrogen-bond donors (Lipinski definition) is 2. The highest BCUT2D eigenvalue weighted by Crippen LogP contribution is 2.33. The molecule has 11 heteroatoms. The second-order valence-corrected chi connectivity index (χ2v) is 10.2. The molecule has 0 radical (unpaired) electrons. The normalized spacial score (nSPS) is 17.8. The summed E-state index contributed by atoms with van der Waals surface area (Å²) in [5.74, 6) is -0.883. The lowest BCUT2D eigenvalue weighted by Gasteiger charge is -2.32. The molecule has 33 heavy (non-hydrogen) atoms. The fourth-order valence-corrected chi connectivity index (χ4v) is 5.90. The van der Waals surface area contributed by atoms with E-state index in [1.54, 1.807) is 18.2 Å². The molecule has 2 heterocycles. The highest BCUT2D eigenvalue weighted by molar-refractivity contribution is 7.89. The van der Waals surface area contributed by atoms with Gasteiger partial charge in [0.15, 0.2) is 0 Å². The van der Waals surface area contributed by atoms with Crippen molar-refractivity contribution < 1.29 is 23.2 Å². The summed E-state index contributed by atoms with van der Waals surface area (Å²) in [6, 6.07) is 10.4. The molecule has 10 nitrogen and oxygen atoms in total. The van der Waals surface area contributed by atoms with Crippen LogP contribution in [0.4, 0.5) is 17.1 Å². The minimum absolute atomic E-state index is 0.0290. The monoisotopic (exact) mass is 474 g/mol. The Morgan fingerprint density at radius 3 is 2.39 bits per heavy atom. The fraction of sp³-hybridized carbons (Fsp3) is 0.409. The van der Waals surface area contributed by atoms with Crippen LogP contribution in [0.15, 0.2) is 47.4 Å². The van der Waals surface area contributed by atoms with Gasteiger partial charge < -0.3 is 15.3 Å². The van der Waals surface area contributed by atoms with Crippen LogP contribution in [-0.2, 0) is 14.8 Å². The molecule has 0 saturated carbocycles. The van der Waals surface area contributed by atoms with E-state index in [1.165, 1.54) is 28.6 Å². The first-order chi connectivity index (χ1) is 15.8. The first-order valence-electron chi connectivity index (χ1n) is 10.9. The molecule has 2 saturated heterocycles. The van der Waals surface area contributed by atoms with Crippen LogP contribution in [0.1, 0.15) is 25.7 Å². The number of carbonyl (C=O) groups excluding carboxylic acids is 1. The molecule has 2 aliphatic rings. The lowest BCUT2D eigenvalue weighted by Crippen LogP contribution is -2.38. The number of para-hydroxylation sites is 2. The molecule has 2 aromatic carbocycles. The number of nitro benzene ring substituents is 1. The first kappa shape index (κ1) is 23.0. The van der Waals surface area contributed by atoms with Crippen molar-refractivity contribution in [2.45, 2.75) is 30.6 Å². The van der Waals surface area contributed by atoms with Crippen LogP contribution >= 0.6 is 0 Å². The summed E-state index contributed by atoms with van der Waals surface area (Å²) >= 11 is 0. The van der Waals surface area contributed by atoms with Crippen molar-refractivity contribution in [3.63, 3.8) is 0 Å². The number of nitro groups is 1. The average molecular weight is 475 g/mol. The number of piperidine rings is 1. The fourth-order valence-electron chi connectivity index (χ4n) is 4.36. The van der Waals surface area contributed by atoms with Crippen molar-refractivity contribution in [3.05, 3.63) is 52.6 Å². The van der Waals surface area contributed by atoms with E-state index in [1.807, 2.05) is 4.90 Å². The van der Waals surface area contributed by atoms with Crippen LogP contribution < -0.4 is 10.2 Å². The van der Waals surface area contributed by atoms with Gasteiger partial charge in [-0.1, -0.05) is 12.1 Å². The second-order valence-electron chi connectivity index (χ2n) is 8.29. The van der Waals surface area contributed by atoms with E-state index in [4.69, 9.17) is 0 Å². The summed E-state index contributed by atoms with van der Waals surface area (Å²) in [4.78, 5) is 25.7. The predicted molar refractivity (Wildman–Crippen MR) is 123 cm³/mol. The molecular weight excluding hydrogens is 448 g/mol. The van der Waals surface area contributed by atoms with Gasteiger partial charge in [-0.25, -0.2) is 8.42 Å². The van der Waals surface area contributed by atoms with Crippen molar-refractivity contribution >= 4 is 33.0 Å². The van der Waals surface area contributed by atoms with Gasteiger partial charge in [0.25, 0.3) is 5.69 Å². The van der Waals surface area contributed by atoms with Gasteiger partial charge in [-0.15, -0.1) is 0 Å². The molecule has 1 amide bonds. The Labute approximate surface area is 192 Å². The zero-order valence-electron chi connectivity index (χ0n) is 18.0. The molecule has 2 N–H and O–H groups in total. The molecule has 176 valence electrons. The van der Waals surface area contributed by atoms with E-state index in [9.17, 15) is 28.4 Å². The van der Waals surface area contributed by atoms with Crippen LogP contribution in [0.25, 0.3) is 0 Å². The summed E-state index contributed by atoms with van der Waals surface area (Å²) in [5, 5.41) is 24.2. The van der Waals surface area contributed by atoms with Gasteiger partial charge in [0.05, 0.1) is 15.5 Å². The molecule has 0 bridgehead atoms. The summed E-state index contributed by atoms with van der Waals surface area (Å²) in [6.07, 6.45) is 2.58. The number of aromatic hydroxyl groups is 1. The number of nitrogens with one attached hydrogen (secondary N) is 1. The van der Waals surface area contributed by atoms with E-state index in [-0.39, 0.29) is 33.8 Å². The molecule has 0 aromatic heterocycles. The lowest BCUT2D eigenvalue weighted by atomic mass is 9.95. The number of anilines is 2. The Bertz CT molecular complexity index is 1160. The molecular formula is C22H26N4O6S. The average Bonchev–Trinajstić information content (AvgIpc) is 3.36. The summed E-state index contributed by atoms with van der Waals surface area (Å²) in [6.45, 7) is 1.86. The van der Waals surface area contributed by atoms with Gasteiger partial charge in [-0.3, -0.25) is 14.9 Å². The summed E-state index contributed by atoms with van der Waals surface area (Å²) < 4.78 is 27.0. The minimum Gasteiger partial charge on any atom is -0.506 e. The third-order valence-corrected chi connectivity index (χ3v) is 8.11. The number of phenolic OH excluding ortho intramolecular Hbond substituents is 1. The molecule has 0 unspecified atom stereocenters. The number of benzene rings is 2. The Hall–Kier alpha value is -3.18. The van der Waals surface area contributed by atoms with Gasteiger partial charge in [0.2, 0.25) is 15.9 Å². The maximum absolute atomic E-state index is 12.8. The highest BCUT2D eigenvalue weighted by atomic mass is 32.2. The van der Waals surface area contributed by atoms with E-state index in [0.29, 0.717) is 44.7 Å². The van der Waals surface area contributed by atoms with E-state index < -0.39 is 14.9 Å². The zero-order chi connectivity index (χ0) is 23.6. The van der Waals surface area contributed by atoms with Gasteiger partial charge in [0, 0.05) is 38.2 Å². The molecule has 2 aromatic rings. The largest absolute Gasteiger partial charge is 0.506 e. The van der Waals surface area contributed by atoms with Crippen molar-refractivity contribution in [2.24, 2.45) is 5.92 Å². The third-order valence-electron chi connectivity index (χ3n) is 6.21. The Morgan fingerprint density at radius 2 is 1.73 bits per heavy atom. The van der Waals surface area contributed by atoms with Crippen molar-refractivity contribution in [1.29, 1.82) is 0 Å². The van der Waals surface area contributed by atoms with E-state index in [0.717, 1.165) is 12.8 Å². The topological polar surface area (TPSA) is 133 Å². The first-order valence-corrected chi connectivity index (χ1v) is 12.3. The van der Waals surface area contributed by atoms with Crippen LogP contribution in [0.3, 0.4) is 0 Å². The number of sulfonamides is 1. The number of phenols is 1. The molecule has 0 atom stereocenters. The van der Waals surface area contributed by atoms with Crippen molar-refractivity contribution in [3.8, 4) is 5.75 Å². The van der Waals surface area contributed by atoms with E-state index >= 15 is 0 Å². The lowest BCUT2D eigenvalue weighted by molar-refractivity contribution is -0.384. The number of nitrogens with zero attached hydrogens (tertiary/aromatic N) is 3. The molecule has 0 spiro atoms. The Morgan fingerprint density at radius 1 is 1.06 bits per heavy atom. The molecule has 2 fully saturated rings. The van der Waals surface area contributed by atoms with Gasteiger partial charge >= 0.3 is 0 Å². The second kappa shape index (κ2) is 9.36. The summed E-state index contributed by atoms with van der Waals surface area (Å²) in [7, 11) is -3.68. The smallest absolute Gasteiger partial charge is 0.292 e. The van der Waals surface area contributed by atoms with Gasteiger partial charge in [-0.2, -0.15) is 4.31 Å². The van der Waals surface area contributed by atoms with Gasteiger partial charge in [-0.05, 0) is 49.9 Å². The minimum atomic E-state index is -3.68. The van der Waals surface area contributed by atoms with Crippen molar-refractivity contribution in [1.82, 2.24) is 4.31 Å². The quantitative estimate of drug-likeness (QED) is 0.374. The molecule has 0 aliphatic carbocycles. The summed E-state index contributed by atoms with van der Waals surface area (Å²) in [5.41, 5.74) is 0.613. The number of rotatable bonds is 6. The SMILES string of the molecule is O=C(Nc1cc(S(=O)(=O)N2CCCC2)ccc1O)C1CCN(c2ccccc2[N+](=O)[O-])CC1. The van der Waals surface area contributed by atoms with Gasteiger partial charge in [0.1, 0.15) is 11.4 Å².